The number of halogens is 3. The number of oxime groups is 1. The van der Waals surface area contributed by atoms with Gasteiger partial charge in [-0.3, -0.25) is 0 Å². The van der Waals surface area contributed by atoms with Crippen LogP contribution in [0.3, 0.4) is 0 Å². The predicted octanol–water partition coefficient (Wildman–Crippen LogP) is 3.40. The second kappa shape index (κ2) is 8.26. The van der Waals surface area contributed by atoms with Crippen molar-refractivity contribution in [3.8, 4) is 5.75 Å². The van der Waals surface area contributed by atoms with Gasteiger partial charge in [-0.05, 0) is 30.2 Å². The first-order valence-electron chi connectivity index (χ1n) is 8.11. The molecule has 0 saturated carbocycles. The molecular weight excluding hydrogens is 373 g/mol. The minimum absolute atomic E-state index is 0.0801. The maximum atomic E-state index is 12.6. The summed E-state index contributed by atoms with van der Waals surface area (Å²) in [5.41, 5.74) is 0.797. The lowest BCUT2D eigenvalue weighted by Crippen LogP contribution is -2.38. The molecule has 0 amide bonds. The highest BCUT2D eigenvalue weighted by molar-refractivity contribution is 7.89. The van der Waals surface area contributed by atoms with Gasteiger partial charge in [0.15, 0.2) is 0 Å². The number of piperidine rings is 1. The highest BCUT2D eigenvalue weighted by Crippen LogP contribution is 2.26. The number of benzene rings is 1. The summed E-state index contributed by atoms with van der Waals surface area (Å²) in [6, 6.07) is 4.17. The van der Waals surface area contributed by atoms with E-state index in [0.29, 0.717) is 25.4 Å². The third-order valence-electron chi connectivity index (χ3n) is 3.60. The number of alkyl halides is 3. The Morgan fingerprint density at radius 2 is 1.73 bits per heavy atom. The van der Waals surface area contributed by atoms with Gasteiger partial charge in [-0.2, -0.15) is 4.31 Å². The highest BCUT2D eigenvalue weighted by Gasteiger charge is 2.32. The molecule has 0 atom stereocenters. The smallest absolute Gasteiger partial charge is 0.406 e. The molecular formula is C16H21F3N2O4S. The SMILES string of the molecule is CC(C)CON=C1CCN(S(=O)(=O)c2ccc(OC(F)(F)F)cc2)CC1. The molecule has 1 fully saturated rings. The van der Waals surface area contributed by atoms with Crippen molar-refractivity contribution in [3.63, 3.8) is 0 Å². The lowest BCUT2D eigenvalue weighted by molar-refractivity contribution is -0.274. The van der Waals surface area contributed by atoms with Crippen LogP contribution in [-0.4, -0.2) is 44.5 Å². The van der Waals surface area contributed by atoms with Gasteiger partial charge in [0.25, 0.3) is 0 Å². The maximum absolute atomic E-state index is 12.6. The zero-order valence-corrected chi connectivity index (χ0v) is 15.3. The average molecular weight is 394 g/mol. The van der Waals surface area contributed by atoms with Crippen molar-refractivity contribution in [1.82, 2.24) is 4.31 Å². The normalized spacial score (nSPS) is 16.6. The fourth-order valence-corrected chi connectivity index (χ4v) is 3.76. The van der Waals surface area contributed by atoms with Crippen molar-refractivity contribution in [1.29, 1.82) is 0 Å². The van der Waals surface area contributed by atoms with E-state index in [0.717, 1.165) is 30.0 Å². The van der Waals surface area contributed by atoms with Crippen molar-refractivity contribution in [2.75, 3.05) is 19.7 Å². The molecule has 1 saturated heterocycles. The minimum Gasteiger partial charge on any atom is -0.406 e. The molecule has 26 heavy (non-hydrogen) atoms. The summed E-state index contributed by atoms with van der Waals surface area (Å²) in [7, 11) is -3.78. The van der Waals surface area contributed by atoms with Crippen molar-refractivity contribution in [2.45, 2.75) is 37.9 Å². The quantitative estimate of drug-likeness (QED) is 0.694. The Kier molecular flexibility index (Phi) is 6.51. The Bertz CT molecular complexity index is 721. The number of sulfonamides is 1. The van der Waals surface area contributed by atoms with Gasteiger partial charge in [0, 0.05) is 25.9 Å². The van der Waals surface area contributed by atoms with Gasteiger partial charge in [0.05, 0.1) is 10.6 Å². The van der Waals surface area contributed by atoms with Crippen molar-refractivity contribution >= 4 is 15.7 Å². The number of ether oxygens (including phenoxy) is 1. The first-order valence-corrected chi connectivity index (χ1v) is 9.55. The molecule has 2 rings (SSSR count). The van der Waals surface area contributed by atoms with Gasteiger partial charge < -0.3 is 9.57 Å². The standard InChI is InChI=1S/C16H21F3N2O4S/c1-12(2)11-24-20-13-7-9-21(10-8-13)26(22,23)15-5-3-14(4-6-15)25-16(17,18)19/h3-6,12H,7-11H2,1-2H3. The van der Waals surface area contributed by atoms with Crippen LogP contribution in [0.1, 0.15) is 26.7 Å². The lowest BCUT2D eigenvalue weighted by Gasteiger charge is -2.26. The van der Waals surface area contributed by atoms with Gasteiger partial charge in [0.1, 0.15) is 12.4 Å². The maximum Gasteiger partial charge on any atom is 0.573 e. The summed E-state index contributed by atoms with van der Waals surface area (Å²) in [6.45, 7) is 4.98. The first kappa shape index (κ1) is 20.5. The Labute approximate surface area is 150 Å². The molecule has 1 aliphatic rings. The zero-order valence-electron chi connectivity index (χ0n) is 14.5. The fourth-order valence-electron chi connectivity index (χ4n) is 2.32. The molecule has 0 aromatic heterocycles. The monoisotopic (exact) mass is 394 g/mol. The summed E-state index contributed by atoms with van der Waals surface area (Å²) in [6.07, 6.45) is -3.92. The largest absolute Gasteiger partial charge is 0.573 e. The fraction of sp³-hybridized carbons (Fsp3) is 0.562. The number of nitrogens with zero attached hydrogens (tertiary/aromatic N) is 2. The van der Waals surface area contributed by atoms with Crippen molar-refractivity contribution in [2.24, 2.45) is 11.1 Å². The van der Waals surface area contributed by atoms with E-state index in [-0.39, 0.29) is 18.0 Å². The van der Waals surface area contributed by atoms with Crippen LogP contribution in [-0.2, 0) is 14.9 Å². The van der Waals surface area contributed by atoms with E-state index in [1.54, 1.807) is 0 Å². The molecule has 1 aliphatic heterocycles. The Hall–Kier alpha value is -1.81. The Morgan fingerprint density at radius 1 is 1.15 bits per heavy atom. The molecule has 0 radical (unpaired) electrons. The molecule has 0 bridgehead atoms. The number of hydrogen-bond acceptors (Lipinski definition) is 5. The molecule has 0 unspecified atom stereocenters. The Balaban J connectivity index is 1.98. The van der Waals surface area contributed by atoms with E-state index in [1.807, 2.05) is 13.8 Å². The van der Waals surface area contributed by atoms with Crippen molar-refractivity contribution in [3.05, 3.63) is 24.3 Å². The van der Waals surface area contributed by atoms with E-state index in [1.165, 1.54) is 4.31 Å². The van der Waals surface area contributed by atoms with E-state index in [2.05, 4.69) is 9.89 Å². The predicted molar refractivity (Wildman–Crippen MR) is 89.3 cm³/mol. The van der Waals surface area contributed by atoms with E-state index < -0.39 is 22.1 Å². The third-order valence-corrected chi connectivity index (χ3v) is 5.51. The third kappa shape index (κ3) is 5.87. The highest BCUT2D eigenvalue weighted by atomic mass is 32.2. The van der Waals surface area contributed by atoms with E-state index in [9.17, 15) is 21.6 Å². The van der Waals surface area contributed by atoms with Crippen LogP contribution in [0, 0.1) is 5.92 Å². The molecule has 1 heterocycles. The number of hydrogen-bond donors (Lipinski definition) is 0. The topological polar surface area (TPSA) is 68.2 Å². The summed E-state index contributed by atoms with van der Waals surface area (Å²) >= 11 is 0. The molecule has 0 N–H and O–H groups in total. The van der Waals surface area contributed by atoms with Crippen LogP contribution in [0.5, 0.6) is 5.75 Å². The minimum atomic E-state index is -4.82. The van der Waals surface area contributed by atoms with E-state index in [4.69, 9.17) is 4.84 Å². The van der Waals surface area contributed by atoms with Crippen LogP contribution in [0.25, 0.3) is 0 Å². The molecule has 0 aliphatic carbocycles. The van der Waals surface area contributed by atoms with Gasteiger partial charge in [-0.15, -0.1) is 13.2 Å². The molecule has 146 valence electrons. The first-order chi connectivity index (χ1) is 12.1. The van der Waals surface area contributed by atoms with Crippen LogP contribution in [0.15, 0.2) is 34.3 Å². The summed E-state index contributed by atoms with van der Waals surface area (Å²) in [5, 5.41) is 4.03. The molecule has 1 aromatic carbocycles. The molecule has 10 heteroatoms. The summed E-state index contributed by atoms with van der Waals surface area (Å²) in [5.74, 6) is -0.115. The molecule has 6 nitrogen and oxygen atoms in total. The van der Waals surface area contributed by atoms with Gasteiger partial charge in [0.2, 0.25) is 10.0 Å². The number of rotatable bonds is 6. The van der Waals surface area contributed by atoms with Crippen LogP contribution >= 0.6 is 0 Å². The lowest BCUT2D eigenvalue weighted by atomic mass is 10.1. The average Bonchev–Trinajstić information content (AvgIpc) is 2.54. The van der Waals surface area contributed by atoms with E-state index >= 15 is 0 Å². The second-order valence-corrected chi connectivity index (χ2v) is 8.21. The molecule has 0 spiro atoms. The van der Waals surface area contributed by atoms with Crippen molar-refractivity contribution < 1.29 is 31.2 Å². The zero-order chi connectivity index (χ0) is 19.4. The molecule has 1 aromatic rings. The van der Waals surface area contributed by atoms with Gasteiger partial charge in [-0.25, -0.2) is 8.42 Å². The van der Waals surface area contributed by atoms with Gasteiger partial charge in [-0.1, -0.05) is 19.0 Å². The van der Waals surface area contributed by atoms with Crippen LogP contribution < -0.4 is 4.74 Å². The summed E-state index contributed by atoms with van der Waals surface area (Å²) in [4.78, 5) is 5.13. The second-order valence-electron chi connectivity index (χ2n) is 6.27. The van der Waals surface area contributed by atoms with Crippen LogP contribution in [0.2, 0.25) is 0 Å². The summed E-state index contributed by atoms with van der Waals surface area (Å²) < 4.78 is 66.7. The van der Waals surface area contributed by atoms with Crippen LogP contribution in [0.4, 0.5) is 13.2 Å². The van der Waals surface area contributed by atoms with Gasteiger partial charge >= 0.3 is 6.36 Å². The Morgan fingerprint density at radius 3 is 2.23 bits per heavy atom.